The number of carbonyl (C=O) groups is 2. The Bertz CT molecular complexity index is 485. The second-order valence-electron chi connectivity index (χ2n) is 4.44. The van der Waals surface area contributed by atoms with E-state index in [1.165, 1.54) is 0 Å². The molecule has 0 aliphatic carbocycles. The zero-order valence-electron chi connectivity index (χ0n) is 11.8. The summed E-state index contributed by atoms with van der Waals surface area (Å²) in [5, 5.41) is 0.395. The molecule has 0 spiro atoms. The third-order valence-corrected chi connectivity index (χ3v) is 3.14. The molecule has 0 unspecified atom stereocenters. The van der Waals surface area contributed by atoms with Crippen molar-refractivity contribution in [1.29, 1.82) is 0 Å². The van der Waals surface area contributed by atoms with Crippen LogP contribution in [0.3, 0.4) is 0 Å². The number of benzene rings is 1. The van der Waals surface area contributed by atoms with Gasteiger partial charge in [0.1, 0.15) is 5.75 Å². The van der Waals surface area contributed by atoms with E-state index in [-0.39, 0.29) is 5.97 Å². The Morgan fingerprint density at radius 1 is 1.19 bits per heavy atom. The van der Waals surface area contributed by atoms with Crippen LogP contribution < -0.4 is 4.74 Å². The molecule has 5 heteroatoms. The number of carbonyl (C=O) groups excluding carboxylic acids is 2. The van der Waals surface area contributed by atoms with Crippen LogP contribution in [0.1, 0.15) is 36.0 Å². The fourth-order valence-corrected chi connectivity index (χ4v) is 1.89. The second-order valence-corrected chi connectivity index (χ2v) is 4.84. The summed E-state index contributed by atoms with van der Waals surface area (Å²) in [5.74, 6) is 0.277. The summed E-state index contributed by atoms with van der Waals surface area (Å²) in [6.07, 6.45) is 5.58. The molecule has 0 aliphatic rings. The quantitative estimate of drug-likeness (QED) is 0.285. The number of ether oxygens (including phenoxy) is 2. The molecule has 0 saturated heterocycles. The van der Waals surface area contributed by atoms with Crippen LogP contribution in [0.5, 0.6) is 5.75 Å². The molecule has 114 valence electrons. The van der Waals surface area contributed by atoms with Gasteiger partial charge in [0.2, 0.25) is 0 Å². The minimum Gasteiger partial charge on any atom is -0.494 e. The summed E-state index contributed by atoms with van der Waals surface area (Å²) < 4.78 is 10.4. The average molecular weight is 311 g/mol. The highest BCUT2D eigenvalue weighted by molar-refractivity contribution is 6.33. The summed E-state index contributed by atoms with van der Waals surface area (Å²) in [4.78, 5) is 21.4. The molecule has 0 fully saturated rings. The number of hydrogen-bond acceptors (Lipinski definition) is 4. The number of unbranched alkanes of at least 4 members (excludes halogenated alkanes) is 3. The van der Waals surface area contributed by atoms with Crippen molar-refractivity contribution in [1.82, 2.24) is 0 Å². The molecule has 0 N–H and O–H groups in total. The van der Waals surface area contributed by atoms with Crippen molar-refractivity contribution in [2.45, 2.75) is 25.7 Å². The lowest BCUT2D eigenvalue weighted by Gasteiger charge is -2.07. The molecule has 0 bridgehead atoms. The summed E-state index contributed by atoms with van der Waals surface area (Å²) in [6, 6.07) is 5.00. The zero-order chi connectivity index (χ0) is 15.5. The van der Waals surface area contributed by atoms with E-state index in [2.05, 4.69) is 6.58 Å². The fourth-order valence-electron chi connectivity index (χ4n) is 1.67. The maximum Gasteiger partial charge on any atom is 0.330 e. The van der Waals surface area contributed by atoms with Crippen LogP contribution in [-0.4, -0.2) is 25.5 Å². The first-order chi connectivity index (χ1) is 10.2. The maximum absolute atomic E-state index is 10.8. The first-order valence-electron chi connectivity index (χ1n) is 6.84. The Balaban J connectivity index is 2.09. The van der Waals surface area contributed by atoms with Crippen molar-refractivity contribution in [3.05, 3.63) is 41.4 Å². The highest BCUT2D eigenvalue weighted by Crippen LogP contribution is 2.21. The van der Waals surface area contributed by atoms with Gasteiger partial charge in [0, 0.05) is 11.6 Å². The van der Waals surface area contributed by atoms with E-state index in [0.29, 0.717) is 35.8 Å². The predicted octanol–water partition coefficient (Wildman–Crippen LogP) is 3.82. The van der Waals surface area contributed by atoms with Crippen LogP contribution >= 0.6 is 11.6 Å². The van der Waals surface area contributed by atoms with Gasteiger partial charge < -0.3 is 9.47 Å². The highest BCUT2D eigenvalue weighted by atomic mass is 35.5. The van der Waals surface area contributed by atoms with Crippen LogP contribution in [0.4, 0.5) is 0 Å². The van der Waals surface area contributed by atoms with Gasteiger partial charge in [-0.05, 0) is 43.9 Å². The molecule has 0 radical (unpaired) electrons. The lowest BCUT2D eigenvalue weighted by atomic mass is 10.2. The fraction of sp³-hybridized carbons (Fsp3) is 0.375. The normalized spacial score (nSPS) is 9.95. The summed E-state index contributed by atoms with van der Waals surface area (Å²) in [5.41, 5.74) is 0.457. The monoisotopic (exact) mass is 310 g/mol. The van der Waals surface area contributed by atoms with Gasteiger partial charge in [-0.25, -0.2) is 4.79 Å². The molecule has 1 rings (SSSR count). The standard InChI is InChI=1S/C16H19ClO4/c1-2-16(19)21-10-6-4-3-5-9-20-14-8-7-13(12-18)15(17)11-14/h2,7-8,11-12H,1,3-6,9-10H2. The summed E-state index contributed by atoms with van der Waals surface area (Å²) in [7, 11) is 0. The molecular formula is C16H19ClO4. The third kappa shape index (κ3) is 6.95. The lowest BCUT2D eigenvalue weighted by molar-refractivity contribution is -0.137. The van der Waals surface area contributed by atoms with E-state index in [9.17, 15) is 9.59 Å². The van der Waals surface area contributed by atoms with E-state index in [4.69, 9.17) is 21.1 Å². The molecular weight excluding hydrogens is 292 g/mol. The van der Waals surface area contributed by atoms with E-state index in [1.807, 2.05) is 0 Å². The first-order valence-corrected chi connectivity index (χ1v) is 7.22. The van der Waals surface area contributed by atoms with Crippen LogP contribution in [0.2, 0.25) is 5.02 Å². The number of hydrogen-bond donors (Lipinski definition) is 0. The van der Waals surface area contributed by atoms with Gasteiger partial charge in [-0.2, -0.15) is 0 Å². The SMILES string of the molecule is C=CC(=O)OCCCCCCOc1ccc(C=O)c(Cl)c1. The second kappa shape index (κ2) is 10.00. The Morgan fingerprint density at radius 2 is 1.90 bits per heavy atom. The van der Waals surface area contributed by atoms with Gasteiger partial charge in [-0.3, -0.25) is 4.79 Å². The van der Waals surface area contributed by atoms with Gasteiger partial charge in [0.05, 0.1) is 18.2 Å². The number of aldehydes is 1. The smallest absolute Gasteiger partial charge is 0.330 e. The van der Waals surface area contributed by atoms with Crippen molar-refractivity contribution in [2.75, 3.05) is 13.2 Å². The molecule has 21 heavy (non-hydrogen) atoms. The Labute approximate surface area is 129 Å². The van der Waals surface area contributed by atoms with Crippen molar-refractivity contribution < 1.29 is 19.1 Å². The highest BCUT2D eigenvalue weighted by Gasteiger charge is 2.01. The molecule has 0 aliphatic heterocycles. The summed E-state index contributed by atoms with van der Waals surface area (Å²) in [6.45, 7) is 4.34. The predicted molar refractivity (Wildman–Crippen MR) is 82.0 cm³/mol. The average Bonchev–Trinajstić information content (AvgIpc) is 2.49. The topological polar surface area (TPSA) is 52.6 Å². The number of rotatable bonds is 10. The van der Waals surface area contributed by atoms with Crippen molar-refractivity contribution in [3.63, 3.8) is 0 Å². The van der Waals surface area contributed by atoms with Crippen LogP contribution in [0.15, 0.2) is 30.9 Å². The largest absolute Gasteiger partial charge is 0.494 e. The van der Waals surface area contributed by atoms with Gasteiger partial charge in [-0.1, -0.05) is 18.2 Å². The van der Waals surface area contributed by atoms with Gasteiger partial charge in [0.15, 0.2) is 6.29 Å². The molecule has 0 atom stereocenters. The molecule has 1 aromatic carbocycles. The lowest BCUT2D eigenvalue weighted by Crippen LogP contribution is -2.02. The van der Waals surface area contributed by atoms with Gasteiger partial charge in [-0.15, -0.1) is 0 Å². The first kappa shape index (κ1) is 17.2. The van der Waals surface area contributed by atoms with Crippen LogP contribution in [0, 0.1) is 0 Å². The van der Waals surface area contributed by atoms with Gasteiger partial charge >= 0.3 is 5.97 Å². The van der Waals surface area contributed by atoms with Crippen molar-refractivity contribution >= 4 is 23.9 Å². The Hall–Kier alpha value is -1.81. The van der Waals surface area contributed by atoms with Crippen LogP contribution in [-0.2, 0) is 9.53 Å². The van der Waals surface area contributed by atoms with E-state index < -0.39 is 0 Å². The molecule has 0 amide bonds. The van der Waals surface area contributed by atoms with E-state index in [1.54, 1.807) is 18.2 Å². The third-order valence-electron chi connectivity index (χ3n) is 2.82. The zero-order valence-corrected chi connectivity index (χ0v) is 12.6. The number of esters is 1. The molecule has 1 aromatic rings. The number of halogens is 1. The minimum absolute atomic E-state index is 0.381. The Morgan fingerprint density at radius 3 is 2.52 bits per heavy atom. The van der Waals surface area contributed by atoms with E-state index >= 15 is 0 Å². The van der Waals surface area contributed by atoms with E-state index in [0.717, 1.165) is 31.8 Å². The molecule has 0 aromatic heterocycles. The minimum atomic E-state index is -0.381. The molecule has 0 saturated carbocycles. The molecule has 0 heterocycles. The van der Waals surface area contributed by atoms with Gasteiger partial charge in [0.25, 0.3) is 0 Å². The van der Waals surface area contributed by atoms with Crippen molar-refractivity contribution in [3.8, 4) is 5.75 Å². The maximum atomic E-state index is 10.8. The Kier molecular flexibility index (Phi) is 8.21. The van der Waals surface area contributed by atoms with Crippen LogP contribution in [0.25, 0.3) is 0 Å². The summed E-state index contributed by atoms with van der Waals surface area (Å²) >= 11 is 5.90. The molecule has 4 nitrogen and oxygen atoms in total. The van der Waals surface area contributed by atoms with Crippen molar-refractivity contribution in [2.24, 2.45) is 0 Å².